The van der Waals surface area contributed by atoms with Gasteiger partial charge in [-0.2, -0.15) is 0 Å². The Hall–Kier alpha value is -2.18. The van der Waals surface area contributed by atoms with Crippen molar-refractivity contribution in [2.75, 3.05) is 26.8 Å². The van der Waals surface area contributed by atoms with Crippen LogP contribution in [0.3, 0.4) is 0 Å². The summed E-state index contributed by atoms with van der Waals surface area (Å²) in [5.41, 5.74) is 0.776. The fourth-order valence-electron chi connectivity index (χ4n) is 4.32. The maximum Gasteiger partial charge on any atom is 0.247 e. The molecule has 3 N–H and O–H groups in total. The van der Waals surface area contributed by atoms with Gasteiger partial charge < -0.3 is 29.9 Å². The number of aliphatic hydroxyl groups is 2. The molecule has 10 heteroatoms. The molecule has 0 heterocycles. The van der Waals surface area contributed by atoms with Crippen molar-refractivity contribution in [3.8, 4) is 11.5 Å². The molecule has 0 saturated heterocycles. The standard InChI is InChI=1S/C27H39IN2O7/c1-5-6-7-8-10-30(27(35)17(2)3)21-14-19(26(34)29-9-11-31)15-22(24(21)33)37-25-20(28)12-18(16-32)13-23(25)36-4/h12-13,15-17,21-22,24,31,33H,5-11,14H2,1-4H3,(H,29,34)/t21-,22+,24+/m1/s1. The van der Waals surface area contributed by atoms with Crippen LogP contribution in [-0.4, -0.2) is 78.3 Å². The van der Waals surface area contributed by atoms with E-state index in [1.54, 1.807) is 17.0 Å². The number of rotatable bonds is 14. The average molecular weight is 631 g/mol. The van der Waals surface area contributed by atoms with Gasteiger partial charge in [0.15, 0.2) is 11.5 Å². The summed E-state index contributed by atoms with van der Waals surface area (Å²) in [5, 5.41) is 23.3. The van der Waals surface area contributed by atoms with Gasteiger partial charge in [-0.3, -0.25) is 14.4 Å². The Morgan fingerprint density at radius 2 is 2.00 bits per heavy atom. The monoisotopic (exact) mass is 630 g/mol. The largest absolute Gasteiger partial charge is 0.493 e. The van der Waals surface area contributed by atoms with Crippen molar-refractivity contribution in [3.63, 3.8) is 0 Å². The maximum atomic E-state index is 13.3. The summed E-state index contributed by atoms with van der Waals surface area (Å²) in [5.74, 6) is -0.126. The minimum Gasteiger partial charge on any atom is -0.493 e. The molecule has 9 nitrogen and oxygen atoms in total. The Morgan fingerprint density at radius 1 is 1.27 bits per heavy atom. The molecule has 37 heavy (non-hydrogen) atoms. The highest BCUT2D eigenvalue weighted by Crippen LogP contribution is 2.37. The highest BCUT2D eigenvalue weighted by molar-refractivity contribution is 14.1. The van der Waals surface area contributed by atoms with Gasteiger partial charge in [0.2, 0.25) is 11.8 Å². The van der Waals surface area contributed by atoms with Gasteiger partial charge in [-0.15, -0.1) is 0 Å². The smallest absolute Gasteiger partial charge is 0.247 e. The molecule has 1 aromatic carbocycles. The van der Waals surface area contributed by atoms with E-state index in [1.807, 2.05) is 36.4 Å². The summed E-state index contributed by atoms with van der Waals surface area (Å²) in [6.07, 6.45) is 4.19. The molecule has 0 bridgehead atoms. The molecule has 0 aliphatic heterocycles. The molecule has 2 amide bonds. The molecule has 0 spiro atoms. The highest BCUT2D eigenvalue weighted by Gasteiger charge is 2.41. The van der Waals surface area contributed by atoms with Gasteiger partial charge in [-0.25, -0.2) is 0 Å². The molecule has 2 rings (SSSR count). The number of halogens is 1. The number of hydrogen-bond acceptors (Lipinski definition) is 7. The van der Waals surface area contributed by atoms with Gasteiger partial charge in [-0.05, 0) is 47.2 Å². The Balaban J connectivity index is 2.47. The van der Waals surface area contributed by atoms with E-state index >= 15 is 0 Å². The summed E-state index contributed by atoms with van der Waals surface area (Å²) < 4.78 is 12.3. The quantitative estimate of drug-likeness (QED) is 0.164. The number of methoxy groups -OCH3 is 1. The molecule has 1 aliphatic carbocycles. The van der Waals surface area contributed by atoms with Gasteiger partial charge in [0.05, 0.1) is 23.3 Å². The molecule has 0 saturated carbocycles. The number of aliphatic hydroxyl groups excluding tert-OH is 2. The number of nitrogens with zero attached hydrogens (tertiary/aromatic N) is 1. The van der Waals surface area contributed by atoms with Crippen molar-refractivity contribution < 1.29 is 34.1 Å². The van der Waals surface area contributed by atoms with Crippen LogP contribution in [0.25, 0.3) is 0 Å². The lowest BCUT2D eigenvalue weighted by Crippen LogP contribution is -2.56. The number of aldehydes is 1. The SMILES string of the molecule is CCCCCCN(C(=O)C(C)C)[C@@H]1CC(C(=O)NCCO)=C[C@H](Oc2c(I)cc(C=O)cc2OC)[C@H]1O. The van der Waals surface area contributed by atoms with E-state index in [0.717, 1.165) is 25.7 Å². The summed E-state index contributed by atoms with van der Waals surface area (Å²) in [6, 6.07) is 2.50. The van der Waals surface area contributed by atoms with Crippen LogP contribution in [0.4, 0.5) is 0 Å². The molecule has 1 aromatic rings. The van der Waals surface area contributed by atoms with Gasteiger partial charge in [0, 0.05) is 36.6 Å². The first-order chi connectivity index (χ1) is 17.7. The lowest BCUT2D eigenvalue weighted by atomic mass is 9.87. The van der Waals surface area contributed by atoms with Crippen molar-refractivity contribution in [2.45, 2.75) is 71.1 Å². The second kappa shape index (κ2) is 15.3. The highest BCUT2D eigenvalue weighted by atomic mass is 127. The lowest BCUT2D eigenvalue weighted by molar-refractivity contribution is -0.142. The topological polar surface area (TPSA) is 125 Å². The maximum absolute atomic E-state index is 13.3. The van der Waals surface area contributed by atoms with Crippen molar-refractivity contribution >= 4 is 40.7 Å². The second-order valence-corrected chi connectivity index (χ2v) is 10.6. The first kappa shape index (κ1) is 31.0. The minimum absolute atomic E-state index is 0.0828. The zero-order chi connectivity index (χ0) is 27.5. The Bertz CT molecular complexity index is 966. The van der Waals surface area contributed by atoms with E-state index in [0.29, 0.717) is 39.0 Å². The van der Waals surface area contributed by atoms with E-state index in [2.05, 4.69) is 12.2 Å². The van der Waals surface area contributed by atoms with Crippen LogP contribution in [0.1, 0.15) is 63.2 Å². The predicted molar refractivity (Wildman–Crippen MR) is 149 cm³/mol. The van der Waals surface area contributed by atoms with Crippen LogP contribution < -0.4 is 14.8 Å². The van der Waals surface area contributed by atoms with E-state index in [9.17, 15) is 19.5 Å². The molecular weight excluding hydrogens is 591 g/mol. The second-order valence-electron chi connectivity index (χ2n) is 9.41. The molecular formula is C27H39IN2O7. The molecule has 0 unspecified atom stereocenters. The van der Waals surface area contributed by atoms with Crippen LogP contribution in [-0.2, 0) is 9.59 Å². The van der Waals surface area contributed by atoms with Gasteiger partial charge in [-0.1, -0.05) is 40.0 Å². The van der Waals surface area contributed by atoms with Gasteiger partial charge in [0.25, 0.3) is 0 Å². The first-order valence-electron chi connectivity index (χ1n) is 12.8. The van der Waals surface area contributed by atoms with Gasteiger partial charge in [0.1, 0.15) is 18.5 Å². The summed E-state index contributed by atoms with van der Waals surface area (Å²) in [6.45, 7) is 6.08. The zero-order valence-corrected chi connectivity index (χ0v) is 24.2. The Labute approximate surface area is 232 Å². The molecule has 3 atom stereocenters. The van der Waals surface area contributed by atoms with Crippen LogP contribution in [0.15, 0.2) is 23.8 Å². The average Bonchev–Trinajstić information content (AvgIpc) is 2.89. The summed E-state index contributed by atoms with van der Waals surface area (Å²) >= 11 is 2.02. The predicted octanol–water partition coefficient (Wildman–Crippen LogP) is 3.09. The van der Waals surface area contributed by atoms with E-state index in [1.165, 1.54) is 13.2 Å². The molecule has 0 fully saturated rings. The Kier molecular flexibility index (Phi) is 12.8. The molecule has 206 valence electrons. The number of ether oxygens (including phenoxy) is 2. The van der Waals surface area contributed by atoms with Crippen LogP contribution in [0.2, 0.25) is 0 Å². The number of amides is 2. The number of carbonyl (C=O) groups excluding carboxylic acids is 3. The van der Waals surface area contributed by atoms with Crippen LogP contribution in [0.5, 0.6) is 11.5 Å². The fourth-order valence-corrected chi connectivity index (χ4v) is 5.07. The molecule has 0 radical (unpaired) electrons. The molecule has 0 aromatic heterocycles. The minimum atomic E-state index is -1.12. The van der Waals surface area contributed by atoms with Crippen LogP contribution in [0, 0.1) is 9.49 Å². The summed E-state index contributed by atoms with van der Waals surface area (Å²) in [7, 11) is 1.45. The molecule has 1 aliphatic rings. The number of carbonyl (C=O) groups is 3. The van der Waals surface area contributed by atoms with Crippen molar-refractivity contribution in [1.82, 2.24) is 10.2 Å². The number of nitrogens with one attached hydrogen (secondary N) is 1. The number of unbranched alkanes of at least 4 members (excludes halogenated alkanes) is 3. The normalized spacial score (nSPS) is 19.2. The third kappa shape index (κ3) is 8.41. The fraction of sp³-hybridized carbons (Fsp3) is 0.593. The third-order valence-electron chi connectivity index (χ3n) is 6.29. The number of benzene rings is 1. The lowest BCUT2D eigenvalue weighted by Gasteiger charge is -2.41. The van der Waals surface area contributed by atoms with Gasteiger partial charge >= 0.3 is 0 Å². The van der Waals surface area contributed by atoms with Crippen molar-refractivity contribution in [2.24, 2.45) is 5.92 Å². The zero-order valence-electron chi connectivity index (χ0n) is 22.0. The van der Waals surface area contributed by atoms with E-state index in [-0.39, 0.29) is 37.3 Å². The Morgan fingerprint density at radius 3 is 2.59 bits per heavy atom. The summed E-state index contributed by atoms with van der Waals surface area (Å²) in [4.78, 5) is 39.2. The first-order valence-corrected chi connectivity index (χ1v) is 13.8. The van der Waals surface area contributed by atoms with Crippen molar-refractivity contribution in [1.29, 1.82) is 0 Å². The number of hydrogen-bond donors (Lipinski definition) is 3. The van der Waals surface area contributed by atoms with E-state index in [4.69, 9.17) is 14.6 Å². The van der Waals surface area contributed by atoms with Crippen LogP contribution >= 0.6 is 22.6 Å². The van der Waals surface area contributed by atoms with Crippen molar-refractivity contribution in [3.05, 3.63) is 32.9 Å². The third-order valence-corrected chi connectivity index (χ3v) is 7.09. The van der Waals surface area contributed by atoms with E-state index < -0.39 is 18.2 Å².